The Morgan fingerprint density at radius 3 is 2.52 bits per heavy atom. The van der Waals surface area contributed by atoms with Gasteiger partial charge in [-0.05, 0) is 48.7 Å². The van der Waals surface area contributed by atoms with E-state index in [9.17, 15) is 9.59 Å². The highest BCUT2D eigenvalue weighted by Gasteiger charge is 2.10. The number of rotatable bonds is 7. The van der Waals surface area contributed by atoms with Crippen LogP contribution >= 0.6 is 0 Å². The summed E-state index contributed by atoms with van der Waals surface area (Å²) in [5.41, 5.74) is 3.35. The summed E-state index contributed by atoms with van der Waals surface area (Å²) >= 11 is 0. The number of aromatic nitrogens is 1. The molecule has 1 heterocycles. The van der Waals surface area contributed by atoms with Gasteiger partial charge in [0.05, 0.1) is 17.8 Å². The first kappa shape index (κ1) is 20.1. The monoisotopic (exact) mass is 385 g/mol. The number of aryl methyl sites for hydroxylation is 1. The summed E-state index contributed by atoms with van der Waals surface area (Å²) < 4.78 is 1.79. The second-order valence-electron chi connectivity index (χ2n) is 6.85. The largest absolute Gasteiger partial charge is 0.321 e. The van der Waals surface area contributed by atoms with Crippen molar-refractivity contribution >= 4 is 11.6 Å². The fourth-order valence-electron chi connectivity index (χ4n) is 3.15. The van der Waals surface area contributed by atoms with Crippen molar-refractivity contribution in [2.75, 3.05) is 5.32 Å². The minimum absolute atomic E-state index is 0.0199. The SMILES string of the molecule is CCCCc1cccc(=O)n1Cc1ccc(C(=O)Nc2ccccc2C#N)cc1. The van der Waals surface area contributed by atoms with E-state index in [1.165, 1.54) is 0 Å². The first-order valence-corrected chi connectivity index (χ1v) is 9.70. The molecular formula is C24H23N3O2. The molecule has 1 amide bonds. The molecule has 0 aliphatic carbocycles. The molecule has 0 saturated carbocycles. The van der Waals surface area contributed by atoms with Gasteiger partial charge in [-0.2, -0.15) is 5.26 Å². The van der Waals surface area contributed by atoms with Gasteiger partial charge in [0.1, 0.15) is 6.07 Å². The van der Waals surface area contributed by atoms with Crippen molar-refractivity contribution in [2.24, 2.45) is 0 Å². The van der Waals surface area contributed by atoms with Crippen molar-refractivity contribution < 1.29 is 4.79 Å². The van der Waals surface area contributed by atoms with E-state index < -0.39 is 0 Å². The third kappa shape index (κ3) is 4.99. The van der Waals surface area contributed by atoms with Crippen LogP contribution in [0.4, 0.5) is 5.69 Å². The number of anilines is 1. The van der Waals surface area contributed by atoms with E-state index in [1.54, 1.807) is 53.1 Å². The Balaban J connectivity index is 1.75. The Kier molecular flexibility index (Phi) is 6.59. The summed E-state index contributed by atoms with van der Waals surface area (Å²) in [6.45, 7) is 2.60. The molecule has 5 heteroatoms. The Labute approximate surface area is 170 Å². The number of nitriles is 1. The van der Waals surface area contributed by atoms with Crippen LogP contribution in [0.3, 0.4) is 0 Å². The van der Waals surface area contributed by atoms with Crippen LogP contribution in [0.15, 0.2) is 71.5 Å². The van der Waals surface area contributed by atoms with E-state index in [0.717, 1.165) is 30.5 Å². The zero-order chi connectivity index (χ0) is 20.6. The summed E-state index contributed by atoms with van der Waals surface area (Å²) in [6.07, 6.45) is 2.97. The average molecular weight is 385 g/mol. The van der Waals surface area contributed by atoms with Gasteiger partial charge in [0.25, 0.3) is 11.5 Å². The molecule has 2 aromatic carbocycles. The number of hydrogen-bond donors (Lipinski definition) is 1. The third-order valence-electron chi connectivity index (χ3n) is 4.78. The third-order valence-corrected chi connectivity index (χ3v) is 4.78. The molecule has 0 unspecified atom stereocenters. The van der Waals surface area contributed by atoms with Crippen molar-refractivity contribution in [1.29, 1.82) is 5.26 Å². The molecule has 0 radical (unpaired) electrons. The highest BCUT2D eigenvalue weighted by atomic mass is 16.1. The van der Waals surface area contributed by atoms with E-state index in [0.29, 0.717) is 23.4 Å². The van der Waals surface area contributed by atoms with Crippen LogP contribution in [-0.2, 0) is 13.0 Å². The summed E-state index contributed by atoms with van der Waals surface area (Å²) in [5, 5.41) is 11.9. The van der Waals surface area contributed by atoms with Gasteiger partial charge in [0, 0.05) is 17.3 Å². The molecule has 146 valence electrons. The Morgan fingerprint density at radius 2 is 1.79 bits per heavy atom. The van der Waals surface area contributed by atoms with Crippen LogP contribution in [0.1, 0.15) is 46.9 Å². The number of hydrogen-bond acceptors (Lipinski definition) is 3. The Hall–Kier alpha value is -3.65. The van der Waals surface area contributed by atoms with Gasteiger partial charge < -0.3 is 9.88 Å². The molecule has 0 bridgehead atoms. The summed E-state index contributed by atoms with van der Waals surface area (Å²) in [7, 11) is 0. The lowest BCUT2D eigenvalue weighted by Crippen LogP contribution is -2.23. The summed E-state index contributed by atoms with van der Waals surface area (Å²) in [4.78, 5) is 24.8. The smallest absolute Gasteiger partial charge is 0.255 e. The minimum Gasteiger partial charge on any atom is -0.321 e. The minimum atomic E-state index is -0.278. The second kappa shape index (κ2) is 9.52. The maximum absolute atomic E-state index is 12.5. The van der Waals surface area contributed by atoms with Gasteiger partial charge in [0.2, 0.25) is 0 Å². The number of nitrogens with zero attached hydrogens (tertiary/aromatic N) is 2. The number of para-hydroxylation sites is 1. The van der Waals surface area contributed by atoms with Crippen molar-refractivity contribution in [1.82, 2.24) is 4.57 Å². The van der Waals surface area contributed by atoms with Crippen LogP contribution < -0.4 is 10.9 Å². The van der Waals surface area contributed by atoms with Crippen LogP contribution in [0.5, 0.6) is 0 Å². The first-order valence-electron chi connectivity index (χ1n) is 9.70. The van der Waals surface area contributed by atoms with Crippen molar-refractivity contribution in [3.05, 3.63) is 99.5 Å². The van der Waals surface area contributed by atoms with Crippen molar-refractivity contribution in [2.45, 2.75) is 32.7 Å². The normalized spacial score (nSPS) is 10.3. The van der Waals surface area contributed by atoms with Crippen LogP contribution in [0.2, 0.25) is 0 Å². The molecule has 0 atom stereocenters. The van der Waals surface area contributed by atoms with Gasteiger partial charge in [-0.25, -0.2) is 0 Å². The first-order chi connectivity index (χ1) is 14.1. The van der Waals surface area contributed by atoms with Gasteiger partial charge in [-0.1, -0.05) is 43.7 Å². The van der Waals surface area contributed by atoms with Gasteiger partial charge in [-0.15, -0.1) is 0 Å². The predicted molar refractivity (Wildman–Crippen MR) is 114 cm³/mol. The molecule has 0 fully saturated rings. The lowest BCUT2D eigenvalue weighted by atomic mass is 10.1. The average Bonchev–Trinajstić information content (AvgIpc) is 2.75. The molecule has 0 aliphatic heterocycles. The van der Waals surface area contributed by atoms with Crippen LogP contribution in [0, 0.1) is 11.3 Å². The Morgan fingerprint density at radius 1 is 1.03 bits per heavy atom. The second-order valence-corrected chi connectivity index (χ2v) is 6.85. The van der Waals surface area contributed by atoms with E-state index >= 15 is 0 Å². The highest BCUT2D eigenvalue weighted by Crippen LogP contribution is 2.16. The number of carbonyl (C=O) groups excluding carboxylic acids is 1. The number of nitrogens with one attached hydrogen (secondary N) is 1. The van der Waals surface area contributed by atoms with Crippen molar-refractivity contribution in [3.8, 4) is 6.07 Å². The van der Waals surface area contributed by atoms with E-state index in [4.69, 9.17) is 5.26 Å². The molecule has 3 rings (SSSR count). The summed E-state index contributed by atoms with van der Waals surface area (Å²) in [6, 6.07) is 21.5. The lowest BCUT2D eigenvalue weighted by molar-refractivity contribution is 0.102. The highest BCUT2D eigenvalue weighted by molar-refractivity contribution is 6.04. The number of benzene rings is 2. The lowest BCUT2D eigenvalue weighted by Gasteiger charge is -2.13. The molecular weight excluding hydrogens is 362 g/mol. The molecule has 5 nitrogen and oxygen atoms in total. The van der Waals surface area contributed by atoms with Gasteiger partial charge in [-0.3, -0.25) is 9.59 Å². The number of amides is 1. The summed E-state index contributed by atoms with van der Waals surface area (Å²) in [5.74, 6) is -0.278. The fourth-order valence-corrected chi connectivity index (χ4v) is 3.15. The zero-order valence-corrected chi connectivity index (χ0v) is 16.4. The van der Waals surface area contributed by atoms with Crippen molar-refractivity contribution in [3.63, 3.8) is 0 Å². The number of carbonyl (C=O) groups is 1. The molecule has 29 heavy (non-hydrogen) atoms. The topological polar surface area (TPSA) is 74.9 Å². The molecule has 0 spiro atoms. The molecule has 0 aliphatic rings. The zero-order valence-electron chi connectivity index (χ0n) is 16.4. The predicted octanol–water partition coefficient (Wildman–Crippen LogP) is 4.36. The van der Waals surface area contributed by atoms with Crippen LogP contribution in [0.25, 0.3) is 0 Å². The number of pyridine rings is 1. The van der Waals surface area contributed by atoms with Crippen LogP contribution in [-0.4, -0.2) is 10.5 Å². The van der Waals surface area contributed by atoms with E-state index in [-0.39, 0.29) is 11.5 Å². The van der Waals surface area contributed by atoms with Gasteiger partial charge >= 0.3 is 0 Å². The molecule has 0 saturated heterocycles. The van der Waals surface area contributed by atoms with E-state index in [1.807, 2.05) is 18.2 Å². The maximum atomic E-state index is 12.5. The maximum Gasteiger partial charge on any atom is 0.255 e. The fraction of sp³-hybridized carbons (Fsp3) is 0.208. The van der Waals surface area contributed by atoms with Gasteiger partial charge in [0.15, 0.2) is 0 Å². The number of unbranched alkanes of at least 4 members (excludes halogenated alkanes) is 1. The quantitative estimate of drug-likeness (QED) is 0.656. The Bertz CT molecular complexity index is 1090. The molecule has 3 aromatic rings. The standard InChI is InChI=1S/C24H23N3O2/c1-2-3-8-21-9-6-11-23(28)27(21)17-18-12-14-19(15-13-18)24(29)26-22-10-5-4-7-20(22)16-25/h4-7,9-15H,2-3,8,17H2,1H3,(H,26,29). The molecule has 1 aromatic heterocycles. The van der Waals surface area contributed by atoms with E-state index in [2.05, 4.69) is 18.3 Å². The molecule has 1 N–H and O–H groups in total.